The molecule has 0 N–H and O–H groups in total. The molecule has 11 heteroatoms. The Bertz CT molecular complexity index is 1290. The van der Waals surface area contributed by atoms with Crippen molar-refractivity contribution in [2.75, 3.05) is 19.5 Å². The van der Waals surface area contributed by atoms with Crippen LogP contribution in [0.3, 0.4) is 0 Å². The van der Waals surface area contributed by atoms with Crippen LogP contribution in [0.2, 0.25) is 5.02 Å². The summed E-state index contributed by atoms with van der Waals surface area (Å²) in [5.74, 6) is -3.33. The van der Waals surface area contributed by atoms with Crippen molar-refractivity contribution in [3.05, 3.63) is 70.1 Å². The minimum absolute atomic E-state index is 0.127. The standard InChI is InChI=1S/C21H19ClF2O6S2/c1-31(25,26)11-8-18-15-12-30-20-17(24)7-6-16(23)19(20)21(15,9-10-29-18)32(27,28)14-4-2-13(22)3-5-14/h2-8,11,15,18H,9-10,12H2,1H3/b11-8+/t15-,18-,21-/m0/s1. The number of sulfone groups is 2. The minimum Gasteiger partial charge on any atom is -0.490 e. The highest BCUT2D eigenvalue weighted by Crippen LogP contribution is 2.55. The molecule has 0 spiro atoms. The van der Waals surface area contributed by atoms with Gasteiger partial charge in [-0.3, -0.25) is 0 Å². The molecule has 172 valence electrons. The lowest BCUT2D eigenvalue weighted by molar-refractivity contribution is -0.0479. The summed E-state index contributed by atoms with van der Waals surface area (Å²) in [4.78, 5) is -0.129. The van der Waals surface area contributed by atoms with Crippen LogP contribution in [0.25, 0.3) is 0 Å². The highest BCUT2D eigenvalue weighted by Gasteiger charge is 2.61. The zero-order chi connectivity index (χ0) is 23.3. The van der Waals surface area contributed by atoms with Gasteiger partial charge in [-0.1, -0.05) is 11.6 Å². The molecule has 32 heavy (non-hydrogen) atoms. The van der Waals surface area contributed by atoms with Gasteiger partial charge < -0.3 is 9.47 Å². The molecule has 0 radical (unpaired) electrons. The molecule has 2 heterocycles. The summed E-state index contributed by atoms with van der Waals surface area (Å²) in [6.07, 6.45) is 0.988. The van der Waals surface area contributed by atoms with Crippen molar-refractivity contribution in [2.45, 2.75) is 22.2 Å². The van der Waals surface area contributed by atoms with Crippen molar-refractivity contribution in [3.63, 3.8) is 0 Å². The number of rotatable bonds is 4. The van der Waals surface area contributed by atoms with Gasteiger partial charge in [0, 0.05) is 29.2 Å². The van der Waals surface area contributed by atoms with Crippen LogP contribution in [0.5, 0.6) is 5.75 Å². The molecule has 0 aromatic heterocycles. The second-order valence-corrected chi connectivity index (χ2v) is 12.3. The average molecular weight is 505 g/mol. The van der Waals surface area contributed by atoms with Crippen LogP contribution in [0.4, 0.5) is 8.78 Å². The molecule has 0 saturated carbocycles. The fourth-order valence-corrected chi connectivity index (χ4v) is 7.29. The van der Waals surface area contributed by atoms with Gasteiger partial charge >= 0.3 is 0 Å². The number of halogens is 3. The van der Waals surface area contributed by atoms with E-state index in [-0.39, 0.29) is 24.5 Å². The molecule has 0 unspecified atom stereocenters. The number of fused-ring (bicyclic) bond motifs is 3. The highest BCUT2D eigenvalue weighted by atomic mass is 35.5. The van der Waals surface area contributed by atoms with E-state index in [1.807, 2.05) is 0 Å². The van der Waals surface area contributed by atoms with Crippen molar-refractivity contribution in [3.8, 4) is 5.75 Å². The normalized spacial score (nSPS) is 25.8. The molecular formula is C21H19ClF2O6S2. The zero-order valence-corrected chi connectivity index (χ0v) is 19.2. The summed E-state index contributed by atoms with van der Waals surface area (Å²) < 4.78 is 90.4. The Kier molecular flexibility index (Phi) is 5.85. The maximum absolute atomic E-state index is 15.2. The number of hydrogen-bond acceptors (Lipinski definition) is 6. The maximum atomic E-state index is 15.2. The van der Waals surface area contributed by atoms with E-state index < -0.39 is 59.4 Å². The third kappa shape index (κ3) is 3.72. The third-order valence-corrected chi connectivity index (χ3v) is 9.25. The molecule has 3 atom stereocenters. The lowest BCUT2D eigenvalue weighted by Crippen LogP contribution is -2.57. The van der Waals surface area contributed by atoms with Crippen LogP contribution in [0.15, 0.2) is 52.8 Å². The topological polar surface area (TPSA) is 86.7 Å². The Labute approximate surface area is 189 Å². The van der Waals surface area contributed by atoms with E-state index in [0.29, 0.717) is 5.02 Å². The van der Waals surface area contributed by atoms with E-state index in [2.05, 4.69) is 0 Å². The molecular weight excluding hydrogens is 486 g/mol. The molecule has 0 aliphatic carbocycles. The second kappa shape index (κ2) is 8.09. The molecule has 1 saturated heterocycles. The zero-order valence-electron chi connectivity index (χ0n) is 16.8. The lowest BCUT2D eigenvalue weighted by Gasteiger charge is -2.49. The first kappa shape index (κ1) is 23.2. The predicted molar refractivity (Wildman–Crippen MR) is 114 cm³/mol. The van der Waals surface area contributed by atoms with Crippen LogP contribution < -0.4 is 4.74 Å². The quantitative estimate of drug-likeness (QED) is 0.632. The van der Waals surface area contributed by atoms with E-state index >= 15 is 4.39 Å². The molecule has 2 aromatic carbocycles. The first-order valence-corrected chi connectivity index (χ1v) is 13.4. The van der Waals surface area contributed by atoms with Gasteiger partial charge in [0.05, 0.1) is 23.2 Å². The van der Waals surface area contributed by atoms with Crippen molar-refractivity contribution in [2.24, 2.45) is 5.92 Å². The SMILES string of the molecule is CS(=O)(=O)/C=C/[C@@H]1OCC[C@@]2(S(=O)(=O)c3ccc(Cl)cc3)c3c(F)ccc(F)c3OC[C@@H]12. The number of benzene rings is 2. The van der Waals surface area contributed by atoms with Crippen LogP contribution in [0.1, 0.15) is 12.0 Å². The molecule has 0 bridgehead atoms. The van der Waals surface area contributed by atoms with Gasteiger partial charge in [0.2, 0.25) is 0 Å². The largest absolute Gasteiger partial charge is 0.490 e. The molecule has 2 aliphatic heterocycles. The van der Waals surface area contributed by atoms with E-state index in [0.717, 1.165) is 23.8 Å². The van der Waals surface area contributed by atoms with Crippen molar-refractivity contribution < 1.29 is 35.1 Å². The Balaban J connectivity index is 2.00. The summed E-state index contributed by atoms with van der Waals surface area (Å²) in [7, 11) is -7.90. The lowest BCUT2D eigenvalue weighted by atomic mass is 9.76. The van der Waals surface area contributed by atoms with Gasteiger partial charge in [-0.25, -0.2) is 25.6 Å². The van der Waals surface area contributed by atoms with E-state index in [1.54, 1.807) is 0 Å². The summed E-state index contributed by atoms with van der Waals surface area (Å²) in [6.45, 7) is -0.448. The van der Waals surface area contributed by atoms with E-state index in [9.17, 15) is 21.2 Å². The fraction of sp³-hybridized carbons (Fsp3) is 0.333. The van der Waals surface area contributed by atoms with Crippen LogP contribution in [-0.4, -0.2) is 42.4 Å². The first-order chi connectivity index (χ1) is 15.0. The monoisotopic (exact) mass is 504 g/mol. The Morgan fingerprint density at radius 3 is 2.38 bits per heavy atom. The maximum Gasteiger partial charge on any atom is 0.189 e. The summed E-state index contributed by atoms with van der Waals surface area (Å²) in [5.41, 5.74) is -0.412. The first-order valence-electron chi connectivity index (χ1n) is 9.59. The molecule has 4 rings (SSSR count). The smallest absolute Gasteiger partial charge is 0.189 e. The van der Waals surface area contributed by atoms with Gasteiger partial charge in [0.1, 0.15) is 10.6 Å². The minimum atomic E-state index is -4.35. The van der Waals surface area contributed by atoms with Crippen molar-refractivity contribution in [1.82, 2.24) is 0 Å². The van der Waals surface area contributed by atoms with Crippen LogP contribution >= 0.6 is 11.6 Å². The van der Waals surface area contributed by atoms with Crippen molar-refractivity contribution >= 4 is 31.3 Å². The van der Waals surface area contributed by atoms with Gasteiger partial charge in [0.25, 0.3) is 0 Å². The number of ether oxygens (including phenoxy) is 2. The Morgan fingerprint density at radius 2 is 1.72 bits per heavy atom. The summed E-state index contributed by atoms with van der Waals surface area (Å²) in [6, 6.07) is 7.11. The van der Waals surface area contributed by atoms with Gasteiger partial charge in [-0.2, -0.15) is 0 Å². The van der Waals surface area contributed by atoms with E-state index in [4.69, 9.17) is 21.1 Å². The van der Waals surface area contributed by atoms with Gasteiger partial charge in [0.15, 0.2) is 31.2 Å². The van der Waals surface area contributed by atoms with Crippen LogP contribution in [-0.2, 0) is 29.2 Å². The average Bonchev–Trinajstić information content (AvgIpc) is 2.73. The second-order valence-electron chi connectivity index (χ2n) is 7.74. The molecule has 2 aliphatic rings. The van der Waals surface area contributed by atoms with Gasteiger partial charge in [-0.05, 0) is 48.9 Å². The van der Waals surface area contributed by atoms with Crippen molar-refractivity contribution in [1.29, 1.82) is 0 Å². The summed E-state index contributed by atoms with van der Waals surface area (Å²) in [5, 5.41) is 1.21. The van der Waals surface area contributed by atoms with E-state index in [1.165, 1.54) is 30.3 Å². The van der Waals surface area contributed by atoms with Crippen LogP contribution in [0, 0.1) is 17.6 Å². The summed E-state index contributed by atoms with van der Waals surface area (Å²) >= 11 is 5.91. The van der Waals surface area contributed by atoms with Gasteiger partial charge in [-0.15, -0.1) is 0 Å². The highest BCUT2D eigenvalue weighted by molar-refractivity contribution is 7.93. The Hall–Kier alpha value is -2.01. The predicted octanol–water partition coefficient (Wildman–Crippen LogP) is 3.64. The number of hydrogen-bond donors (Lipinski definition) is 0. The molecule has 1 fully saturated rings. The molecule has 0 amide bonds. The molecule has 2 aromatic rings. The Morgan fingerprint density at radius 1 is 1.06 bits per heavy atom. The third-order valence-electron chi connectivity index (χ3n) is 5.79. The fourth-order valence-electron chi connectivity index (χ4n) is 4.40. The molecule has 6 nitrogen and oxygen atoms in total.